The molecule has 5 heteroatoms. The minimum atomic E-state index is -0.135. The van der Waals surface area contributed by atoms with E-state index in [4.69, 9.17) is 0 Å². The van der Waals surface area contributed by atoms with E-state index in [2.05, 4.69) is 10.6 Å². The number of halogens is 1. The van der Waals surface area contributed by atoms with E-state index in [0.29, 0.717) is 18.2 Å². The van der Waals surface area contributed by atoms with E-state index >= 15 is 0 Å². The second kappa shape index (κ2) is 8.58. The van der Waals surface area contributed by atoms with Crippen LogP contribution in [0.5, 0.6) is 5.75 Å². The van der Waals surface area contributed by atoms with Crippen LogP contribution in [0.2, 0.25) is 0 Å². The second-order valence-corrected chi connectivity index (χ2v) is 6.73. The molecule has 21 heavy (non-hydrogen) atoms. The molecule has 1 aromatic rings. The van der Waals surface area contributed by atoms with Gasteiger partial charge in [0.1, 0.15) is 5.75 Å². The molecule has 0 aliphatic heterocycles. The quantitative estimate of drug-likeness (QED) is 0.403. The van der Waals surface area contributed by atoms with E-state index in [9.17, 15) is 9.90 Å². The maximum Gasteiger partial charge on any atom is 0.251 e. The number of aromatic hydroxyl groups is 1. The van der Waals surface area contributed by atoms with Gasteiger partial charge >= 0.3 is 0 Å². The lowest BCUT2D eigenvalue weighted by atomic mass is 10.1. The van der Waals surface area contributed by atoms with Crippen molar-refractivity contribution in [1.82, 2.24) is 10.6 Å². The first kappa shape index (κ1) is 16.5. The number of phenolic OH excluding ortho intramolecular Hbond substituents is 1. The number of hydrogen-bond donors (Lipinski definition) is 3. The van der Waals surface area contributed by atoms with E-state index in [1.165, 1.54) is 44.6 Å². The van der Waals surface area contributed by atoms with Gasteiger partial charge in [0.15, 0.2) is 0 Å². The molecule has 0 spiro atoms. The summed E-state index contributed by atoms with van der Waals surface area (Å²) in [6.45, 7) is 1.41. The number of phenols is 1. The zero-order valence-corrected chi connectivity index (χ0v) is 14.4. The molecule has 116 valence electrons. The highest BCUT2D eigenvalue weighted by atomic mass is 127. The summed E-state index contributed by atoms with van der Waals surface area (Å²) in [6, 6.07) is 5.59. The Labute approximate surface area is 139 Å². The van der Waals surface area contributed by atoms with Gasteiger partial charge in [0.05, 0.1) is 3.57 Å². The van der Waals surface area contributed by atoms with Crippen molar-refractivity contribution < 1.29 is 9.90 Å². The zero-order valence-electron chi connectivity index (χ0n) is 12.2. The van der Waals surface area contributed by atoms with Gasteiger partial charge in [-0.2, -0.15) is 0 Å². The van der Waals surface area contributed by atoms with E-state index in [1.807, 2.05) is 22.6 Å². The van der Waals surface area contributed by atoms with Crippen LogP contribution < -0.4 is 10.6 Å². The molecule has 1 aliphatic carbocycles. The van der Waals surface area contributed by atoms with Crippen LogP contribution in [0.4, 0.5) is 0 Å². The Hall–Kier alpha value is -0.820. The first-order chi connectivity index (χ1) is 10.2. The minimum absolute atomic E-state index is 0.135. The van der Waals surface area contributed by atoms with Gasteiger partial charge in [-0.25, -0.2) is 0 Å². The number of hydrogen-bond acceptors (Lipinski definition) is 3. The van der Waals surface area contributed by atoms with Crippen LogP contribution in [0, 0.1) is 3.57 Å². The fraction of sp³-hybridized carbons (Fsp3) is 0.562. The average molecular weight is 402 g/mol. The molecule has 1 aliphatic rings. The number of carbonyl (C=O) groups is 1. The summed E-state index contributed by atoms with van der Waals surface area (Å²) in [5, 5.41) is 16.0. The van der Waals surface area contributed by atoms with E-state index in [0.717, 1.165) is 10.1 Å². The van der Waals surface area contributed by atoms with Gasteiger partial charge in [0, 0.05) is 24.7 Å². The molecule has 0 aromatic heterocycles. The maximum absolute atomic E-state index is 12.0. The fourth-order valence-corrected chi connectivity index (χ4v) is 3.03. The van der Waals surface area contributed by atoms with Crippen LogP contribution in [0.3, 0.4) is 0 Å². The molecule has 0 atom stereocenters. The van der Waals surface area contributed by atoms with Gasteiger partial charge in [-0.15, -0.1) is 0 Å². The van der Waals surface area contributed by atoms with Crippen LogP contribution in [-0.4, -0.2) is 30.1 Å². The number of benzene rings is 1. The van der Waals surface area contributed by atoms with Gasteiger partial charge in [-0.05, 0) is 53.6 Å². The molecule has 4 nitrogen and oxygen atoms in total. The standard InChI is InChI=1S/C16H23IN2O2/c17-14-8-7-12(11-15(14)20)16(21)19-10-9-18-13-5-3-1-2-4-6-13/h7-8,11,13,18,20H,1-6,9-10H2,(H,19,21). The Morgan fingerprint density at radius 2 is 1.90 bits per heavy atom. The summed E-state index contributed by atoms with van der Waals surface area (Å²) in [5.74, 6) is 0.0178. The van der Waals surface area contributed by atoms with E-state index < -0.39 is 0 Å². The highest BCUT2D eigenvalue weighted by Crippen LogP contribution is 2.20. The summed E-state index contributed by atoms with van der Waals surface area (Å²) in [7, 11) is 0. The average Bonchev–Trinajstić information content (AvgIpc) is 2.75. The van der Waals surface area contributed by atoms with Crippen LogP contribution in [0.25, 0.3) is 0 Å². The van der Waals surface area contributed by atoms with E-state index in [1.54, 1.807) is 12.1 Å². The van der Waals surface area contributed by atoms with Crippen LogP contribution in [0.15, 0.2) is 18.2 Å². The molecule has 0 saturated heterocycles. The zero-order chi connectivity index (χ0) is 15.1. The molecule has 1 fully saturated rings. The Morgan fingerprint density at radius 3 is 2.57 bits per heavy atom. The Morgan fingerprint density at radius 1 is 1.19 bits per heavy atom. The summed E-state index contributed by atoms with van der Waals surface area (Å²) >= 11 is 2.04. The maximum atomic E-state index is 12.0. The summed E-state index contributed by atoms with van der Waals surface area (Å²) in [6.07, 6.45) is 7.83. The third-order valence-electron chi connectivity index (χ3n) is 3.91. The number of nitrogens with one attached hydrogen (secondary N) is 2. The van der Waals surface area contributed by atoms with Gasteiger partial charge < -0.3 is 15.7 Å². The van der Waals surface area contributed by atoms with Crippen molar-refractivity contribution in [3.8, 4) is 5.75 Å². The van der Waals surface area contributed by atoms with Crippen molar-refractivity contribution in [2.24, 2.45) is 0 Å². The van der Waals surface area contributed by atoms with Crippen molar-refractivity contribution >= 4 is 28.5 Å². The molecule has 1 amide bonds. The molecule has 0 bridgehead atoms. The first-order valence-corrected chi connectivity index (χ1v) is 8.75. The van der Waals surface area contributed by atoms with Crippen molar-refractivity contribution in [3.63, 3.8) is 0 Å². The van der Waals surface area contributed by atoms with Crippen molar-refractivity contribution in [2.45, 2.75) is 44.6 Å². The van der Waals surface area contributed by atoms with E-state index in [-0.39, 0.29) is 11.7 Å². The molecule has 0 heterocycles. The third kappa shape index (κ3) is 5.47. The van der Waals surface area contributed by atoms with Crippen LogP contribution in [-0.2, 0) is 0 Å². The number of carbonyl (C=O) groups excluding carboxylic acids is 1. The summed E-state index contributed by atoms with van der Waals surface area (Å²) in [5.41, 5.74) is 0.502. The van der Waals surface area contributed by atoms with Crippen molar-refractivity contribution in [3.05, 3.63) is 27.3 Å². The lowest BCUT2D eigenvalue weighted by Gasteiger charge is -2.16. The SMILES string of the molecule is O=C(NCCNC1CCCCCC1)c1ccc(I)c(O)c1. The predicted octanol–water partition coefficient (Wildman–Crippen LogP) is 3.04. The predicted molar refractivity (Wildman–Crippen MR) is 92.6 cm³/mol. The summed E-state index contributed by atoms with van der Waals surface area (Å²) < 4.78 is 0.749. The highest BCUT2D eigenvalue weighted by Gasteiger charge is 2.11. The Kier molecular flexibility index (Phi) is 6.76. The Bertz CT molecular complexity index is 471. The lowest BCUT2D eigenvalue weighted by Crippen LogP contribution is -2.36. The summed E-state index contributed by atoms with van der Waals surface area (Å²) in [4.78, 5) is 12.0. The topological polar surface area (TPSA) is 61.4 Å². The second-order valence-electron chi connectivity index (χ2n) is 5.56. The molecular weight excluding hydrogens is 379 g/mol. The normalized spacial score (nSPS) is 16.4. The van der Waals surface area contributed by atoms with Gasteiger partial charge in [0.25, 0.3) is 5.91 Å². The van der Waals surface area contributed by atoms with Gasteiger partial charge in [0.2, 0.25) is 0 Å². The number of rotatable bonds is 5. The molecule has 1 aromatic carbocycles. The molecule has 1 saturated carbocycles. The fourth-order valence-electron chi connectivity index (χ4n) is 2.69. The van der Waals surface area contributed by atoms with Crippen LogP contribution >= 0.6 is 22.6 Å². The minimum Gasteiger partial charge on any atom is -0.507 e. The van der Waals surface area contributed by atoms with Gasteiger partial charge in [-0.3, -0.25) is 4.79 Å². The largest absolute Gasteiger partial charge is 0.507 e. The molecule has 2 rings (SSSR count). The number of amides is 1. The van der Waals surface area contributed by atoms with Gasteiger partial charge in [-0.1, -0.05) is 25.7 Å². The van der Waals surface area contributed by atoms with Crippen molar-refractivity contribution in [1.29, 1.82) is 0 Å². The Balaban J connectivity index is 1.70. The monoisotopic (exact) mass is 402 g/mol. The highest BCUT2D eigenvalue weighted by molar-refractivity contribution is 14.1. The smallest absolute Gasteiger partial charge is 0.251 e. The third-order valence-corrected chi connectivity index (χ3v) is 4.82. The first-order valence-electron chi connectivity index (χ1n) is 7.67. The van der Waals surface area contributed by atoms with Crippen LogP contribution in [0.1, 0.15) is 48.9 Å². The molecule has 0 unspecified atom stereocenters. The lowest BCUT2D eigenvalue weighted by molar-refractivity contribution is 0.0953. The molecular formula is C16H23IN2O2. The van der Waals surface area contributed by atoms with Crippen molar-refractivity contribution in [2.75, 3.05) is 13.1 Å². The molecule has 0 radical (unpaired) electrons. The molecule has 3 N–H and O–H groups in total.